The average Bonchev–Trinajstić information content (AvgIpc) is 2.65. The first-order valence-electron chi connectivity index (χ1n) is 8.62. The molecule has 0 aliphatic carbocycles. The Kier molecular flexibility index (Phi) is 8.85. The molecule has 1 aromatic heterocycles. The van der Waals surface area contributed by atoms with Crippen molar-refractivity contribution in [3.63, 3.8) is 0 Å². The van der Waals surface area contributed by atoms with Crippen molar-refractivity contribution in [2.75, 3.05) is 0 Å². The van der Waals surface area contributed by atoms with E-state index in [-0.39, 0.29) is 21.2 Å². The number of fused-ring (bicyclic) bond motifs is 1. The molecule has 0 bridgehead atoms. The van der Waals surface area contributed by atoms with Crippen LogP contribution in [0.15, 0.2) is 47.3 Å². The average molecular weight is 434 g/mol. The van der Waals surface area contributed by atoms with Crippen molar-refractivity contribution in [2.24, 2.45) is 0 Å². The Hall–Kier alpha value is -2.18. The summed E-state index contributed by atoms with van der Waals surface area (Å²) < 4.78 is 41.9. The summed E-state index contributed by atoms with van der Waals surface area (Å²) in [5.41, 5.74) is 0.629. The molecule has 1 heterocycles. The molecule has 3 nitrogen and oxygen atoms in total. The molecule has 0 spiro atoms. The van der Waals surface area contributed by atoms with Crippen LogP contribution in [0.25, 0.3) is 22.0 Å². The van der Waals surface area contributed by atoms with E-state index in [1.165, 1.54) is 30.3 Å². The summed E-state index contributed by atoms with van der Waals surface area (Å²) in [5.74, 6) is -0.458. The number of aromatic nitrogens is 1. The minimum Gasteiger partial charge on any atom is -0.405 e. The molecule has 3 rings (SSSR count). The second-order valence-electron chi connectivity index (χ2n) is 4.90. The van der Waals surface area contributed by atoms with Gasteiger partial charge in [-0.2, -0.15) is 0 Å². The summed E-state index contributed by atoms with van der Waals surface area (Å²) in [6.45, 7) is 8.00. The fourth-order valence-electron chi connectivity index (χ4n) is 2.33. The Morgan fingerprint density at radius 1 is 0.893 bits per heavy atom. The maximum Gasteiger partial charge on any atom is 0.573 e. The molecule has 8 heteroatoms. The molecule has 0 unspecified atom stereocenters. The zero-order valence-corrected chi connectivity index (χ0v) is 17.3. The molecular formula is C20H20Cl2F3NO2. The van der Waals surface area contributed by atoms with Gasteiger partial charge in [-0.3, -0.25) is 4.79 Å². The van der Waals surface area contributed by atoms with E-state index in [1.807, 2.05) is 27.7 Å². The van der Waals surface area contributed by atoms with Crippen molar-refractivity contribution < 1.29 is 17.9 Å². The number of hydrogen-bond donors (Lipinski definition) is 1. The first kappa shape index (κ1) is 23.9. The zero-order valence-electron chi connectivity index (χ0n) is 15.7. The topological polar surface area (TPSA) is 42.1 Å². The number of nitrogens with one attached hydrogen (secondary N) is 1. The standard InChI is InChI=1S/C16H8Cl2F3NO2.2C2H6/c17-8-1-2-9(13(7-8)24-16(19,20)21)10-3-5-12-11(15(10)18)4-6-14(23)22-12;2*1-2/h1-7H,(H,22,23);2*1-2H3. The SMILES string of the molecule is CC.CC.O=c1ccc2c(Cl)c(-c3ccc(Cl)cc3OC(F)(F)F)ccc2[nH]1. The first-order chi connectivity index (χ1) is 13.2. The summed E-state index contributed by atoms with van der Waals surface area (Å²) in [4.78, 5) is 13.9. The number of benzene rings is 2. The molecular weight excluding hydrogens is 414 g/mol. The highest BCUT2D eigenvalue weighted by Crippen LogP contribution is 2.40. The molecule has 0 atom stereocenters. The molecule has 0 aliphatic heterocycles. The summed E-state index contributed by atoms with van der Waals surface area (Å²) in [6, 6.07) is 9.75. The van der Waals surface area contributed by atoms with Crippen molar-refractivity contribution in [3.05, 3.63) is 62.9 Å². The molecule has 0 radical (unpaired) electrons. The number of pyridine rings is 1. The second-order valence-corrected chi connectivity index (χ2v) is 5.71. The van der Waals surface area contributed by atoms with Crippen LogP contribution in [0.4, 0.5) is 13.2 Å². The Bertz CT molecular complexity index is 985. The maximum atomic E-state index is 12.6. The van der Waals surface area contributed by atoms with Crippen LogP contribution in [0.2, 0.25) is 10.0 Å². The van der Waals surface area contributed by atoms with E-state index < -0.39 is 12.1 Å². The zero-order chi connectivity index (χ0) is 21.5. The minimum atomic E-state index is -4.87. The smallest absolute Gasteiger partial charge is 0.405 e. The van der Waals surface area contributed by atoms with Crippen molar-refractivity contribution >= 4 is 34.1 Å². The number of alkyl halides is 3. The van der Waals surface area contributed by atoms with Gasteiger partial charge in [0, 0.05) is 33.1 Å². The maximum absolute atomic E-state index is 12.6. The number of H-pyrrole nitrogens is 1. The van der Waals surface area contributed by atoms with Crippen LogP contribution in [0.1, 0.15) is 27.7 Å². The van der Waals surface area contributed by atoms with Crippen molar-refractivity contribution in [1.82, 2.24) is 4.98 Å². The first-order valence-corrected chi connectivity index (χ1v) is 9.37. The van der Waals surface area contributed by atoms with Crippen LogP contribution >= 0.6 is 23.2 Å². The van der Waals surface area contributed by atoms with E-state index in [2.05, 4.69) is 9.72 Å². The Balaban J connectivity index is 0.000000921. The number of hydrogen-bond acceptors (Lipinski definition) is 2. The van der Waals surface area contributed by atoms with Gasteiger partial charge in [-0.25, -0.2) is 0 Å². The molecule has 3 aromatic rings. The third-order valence-electron chi connectivity index (χ3n) is 3.30. The lowest BCUT2D eigenvalue weighted by atomic mass is 10.0. The van der Waals surface area contributed by atoms with Gasteiger partial charge in [0.15, 0.2) is 0 Å². The number of rotatable bonds is 2. The van der Waals surface area contributed by atoms with E-state index in [1.54, 1.807) is 6.07 Å². The van der Waals surface area contributed by atoms with Crippen LogP contribution in [-0.2, 0) is 0 Å². The highest BCUT2D eigenvalue weighted by atomic mass is 35.5. The van der Waals surface area contributed by atoms with Gasteiger partial charge in [-0.05, 0) is 30.3 Å². The molecule has 0 amide bonds. The summed E-state index contributed by atoms with van der Waals surface area (Å²) in [7, 11) is 0. The van der Waals surface area contributed by atoms with Crippen LogP contribution in [-0.4, -0.2) is 11.3 Å². The Labute approximate surface area is 171 Å². The third-order valence-corrected chi connectivity index (χ3v) is 3.94. The number of halogens is 5. The number of aromatic amines is 1. The van der Waals surface area contributed by atoms with Gasteiger partial charge in [-0.1, -0.05) is 57.0 Å². The van der Waals surface area contributed by atoms with E-state index >= 15 is 0 Å². The van der Waals surface area contributed by atoms with E-state index in [9.17, 15) is 18.0 Å². The Morgan fingerprint density at radius 2 is 1.50 bits per heavy atom. The van der Waals surface area contributed by atoms with Gasteiger partial charge in [0.1, 0.15) is 5.75 Å². The van der Waals surface area contributed by atoms with E-state index in [4.69, 9.17) is 23.2 Å². The molecule has 152 valence electrons. The minimum absolute atomic E-state index is 0.0965. The van der Waals surface area contributed by atoms with Crippen molar-refractivity contribution in [1.29, 1.82) is 0 Å². The van der Waals surface area contributed by atoms with Gasteiger partial charge >= 0.3 is 6.36 Å². The number of ether oxygens (including phenoxy) is 1. The predicted octanol–water partition coefficient (Wildman–Crippen LogP) is 7.45. The van der Waals surface area contributed by atoms with Crippen LogP contribution in [0.5, 0.6) is 5.75 Å². The van der Waals surface area contributed by atoms with Crippen molar-refractivity contribution in [3.8, 4) is 16.9 Å². The lowest BCUT2D eigenvalue weighted by Gasteiger charge is -2.15. The van der Waals surface area contributed by atoms with E-state index in [0.717, 1.165) is 6.07 Å². The molecule has 0 aliphatic rings. The molecule has 2 aromatic carbocycles. The summed E-state index contributed by atoms with van der Waals surface area (Å²) in [5, 5.41) is 0.791. The van der Waals surface area contributed by atoms with Gasteiger partial charge in [0.25, 0.3) is 0 Å². The monoisotopic (exact) mass is 433 g/mol. The molecule has 0 fully saturated rings. The van der Waals surface area contributed by atoms with Gasteiger partial charge < -0.3 is 9.72 Å². The van der Waals surface area contributed by atoms with Gasteiger partial charge in [0.2, 0.25) is 5.56 Å². The van der Waals surface area contributed by atoms with Crippen molar-refractivity contribution in [2.45, 2.75) is 34.1 Å². The molecule has 1 N–H and O–H groups in total. The molecule has 28 heavy (non-hydrogen) atoms. The summed E-state index contributed by atoms with van der Waals surface area (Å²) in [6.07, 6.45) is -4.87. The lowest BCUT2D eigenvalue weighted by molar-refractivity contribution is -0.274. The quantitative estimate of drug-likeness (QED) is 0.455. The molecule has 0 saturated carbocycles. The third kappa shape index (κ3) is 5.91. The fraction of sp³-hybridized carbons (Fsp3) is 0.250. The molecule has 0 saturated heterocycles. The van der Waals surface area contributed by atoms with Crippen LogP contribution in [0.3, 0.4) is 0 Å². The Morgan fingerprint density at radius 3 is 2.11 bits per heavy atom. The normalized spacial score (nSPS) is 10.5. The summed E-state index contributed by atoms with van der Waals surface area (Å²) >= 11 is 12.1. The lowest BCUT2D eigenvalue weighted by Crippen LogP contribution is -2.17. The van der Waals surface area contributed by atoms with E-state index in [0.29, 0.717) is 16.5 Å². The highest BCUT2D eigenvalue weighted by Gasteiger charge is 2.32. The van der Waals surface area contributed by atoms with Gasteiger partial charge in [0.05, 0.1) is 5.02 Å². The highest BCUT2D eigenvalue weighted by molar-refractivity contribution is 6.38. The van der Waals surface area contributed by atoms with Gasteiger partial charge in [-0.15, -0.1) is 13.2 Å². The van der Waals surface area contributed by atoms with Crippen LogP contribution < -0.4 is 10.3 Å². The second kappa shape index (κ2) is 10.4. The fourth-order valence-corrected chi connectivity index (χ4v) is 2.83. The largest absolute Gasteiger partial charge is 0.573 e. The van der Waals surface area contributed by atoms with Crippen LogP contribution in [0, 0.1) is 0 Å². The predicted molar refractivity (Wildman–Crippen MR) is 109 cm³/mol.